The average molecular weight is 785 g/mol. The molecule has 7 N–H and O–H groups in total. The second-order valence-corrected chi connectivity index (χ2v) is 17.4. The molecule has 4 atom stereocenters. The van der Waals surface area contributed by atoms with E-state index in [4.69, 9.17) is 25.2 Å². The van der Waals surface area contributed by atoms with E-state index in [1.54, 1.807) is 13.8 Å². The Morgan fingerprint density at radius 2 is 1.86 bits per heavy atom. The molecule has 0 aromatic carbocycles. The van der Waals surface area contributed by atoms with Crippen LogP contribution in [0.1, 0.15) is 123 Å². The number of carboxylic acid groups (broad SMARTS) is 1. The summed E-state index contributed by atoms with van der Waals surface area (Å²) in [6.45, 7) is 20.4. The number of carbonyl (C=O) groups excluding carboxylic acids is 1. The summed E-state index contributed by atoms with van der Waals surface area (Å²) in [6.07, 6.45) is 2.26. The zero-order chi connectivity index (χ0) is 40.7. The minimum absolute atomic E-state index is 0.0765. The average Bonchev–Trinajstić information content (AvgIpc) is 3.80. The number of aromatic amines is 2. The molecule has 3 aromatic rings. The number of nitrogens with two attached hydrogens (primary N) is 1. The molecule has 3 aliphatic rings. The standard InChI is InChI=1S/C43H56N6O6S/c1-10-26-22(3)30-19-32-24(5)28(12-13-37(51)52)39(48-32)29-18-36(50)45-15-17-56-43(9,14-16-54-42(7,8)44)55-41(53)38-25(6)33(49-40(29)38)21-35-27(11-2)23(4)31(47-35)20-34(26)46-30/h10,19-21,24,28,36,45-47,50H,1,11-18,44H2,2-9H3,(H,51,52). The zero-order valence-electron chi connectivity index (χ0n) is 33.8. The number of cyclic esters (lactones) is 1. The van der Waals surface area contributed by atoms with Gasteiger partial charge in [-0.3, -0.25) is 15.1 Å². The van der Waals surface area contributed by atoms with Crippen LogP contribution in [-0.2, 0) is 31.9 Å². The van der Waals surface area contributed by atoms with E-state index in [2.05, 4.69) is 48.7 Å². The molecule has 0 aliphatic carbocycles. The van der Waals surface area contributed by atoms with Gasteiger partial charge in [-0.05, 0) is 94.8 Å². The lowest BCUT2D eigenvalue weighted by molar-refractivity contribution is -0.145. The van der Waals surface area contributed by atoms with Crippen LogP contribution in [0.2, 0.25) is 0 Å². The molecule has 8 bridgehead atoms. The van der Waals surface area contributed by atoms with E-state index in [-0.39, 0.29) is 36.9 Å². The van der Waals surface area contributed by atoms with Gasteiger partial charge in [0.1, 0.15) is 12.0 Å². The van der Waals surface area contributed by atoms with Crippen molar-refractivity contribution in [3.63, 3.8) is 0 Å². The Morgan fingerprint density at radius 1 is 1.14 bits per heavy atom. The third-order valence-electron chi connectivity index (χ3n) is 11.2. The van der Waals surface area contributed by atoms with Gasteiger partial charge in [-0.15, -0.1) is 11.8 Å². The van der Waals surface area contributed by atoms with Gasteiger partial charge < -0.3 is 35.4 Å². The van der Waals surface area contributed by atoms with Gasteiger partial charge >= 0.3 is 11.9 Å². The van der Waals surface area contributed by atoms with E-state index in [0.29, 0.717) is 53.4 Å². The highest BCUT2D eigenvalue weighted by atomic mass is 32.2. The van der Waals surface area contributed by atoms with Crippen molar-refractivity contribution in [3.8, 4) is 0 Å². The van der Waals surface area contributed by atoms with E-state index in [0.717, 1.165) is 56.4 Å². The molecule has 3 aliphatic heterocycles. The summed E-state index contributed by atoms with van der Waals surface area (Å²) in [5, 5.41) is 24.7. The summed E-state index contributed by atoms with van der Waals surface area (Å²) in [4.78, 5) is 43.5. The number of thioether (sulfide) groups is 1. The number of aliphatic hydroxyl groups excluding tert-OH is 1. The maximum atomic E-state index is 14.8. The molecule has 0 radical (unpaired) electrons. The maximum Gasteiger partial charge on any atom is 0.342 e. The van der Waals surface area contributed by atoms with Crippen molar-refractivity contribution in [2.24, 2.45) is 5.73 Å². The highest BCUT2D eigenvalue weighted by molar-refractivity contribution is 8.00. The van der Waals surface area contributed by atoms with Crippen LogP contribution in [0.3, 0.4) is 0 Å². The first-order chi connectivity index (χ1) is 26.4. The number of nitrogens with zero attached hydrogens (tertiary/aromatic N) is 2. The number of H-pyrrole nitrogens is 2. The highest BCUT2D eigenvalue weighted by Crippen LogP contribution is 2.45. The van der Waals surface area contributed by atoms with Gasteiger partial charge in [-0.1, -0.05) is 26.5 Å². The van der Waals surface area contributed by atoms with Crippen LogP contribution in [-0.4, -0.2) is 77.9 Å². The smallest absolute Gasteiger partial charge is 0.342 e. The summed E-state index contributed by atoms with van der Waals surface area (Å²) in [5.74, 6) is -1.45. The van der Waals surface area contributed by atoms with Crippen molar-refractivity contribution in [2.75, 3.05) is 18.9 Å². The first-order valence-electron chi connectivity index (χ1n) is 19.5. The molecule has 4 unspecified atom stereocenters. The van der Waals surface area contributed by atoms with Crippen LogP contribution in [0, 0.1) is 13.8 Å². The minimum atomic E-state index is -1.01. The number of aryl methyl sites for hydroxylation is 3. The topological polar surface area (TPSA) is 188 Å². The number of hydrogen-bond donors (Lipinski definition) is 6. The molecule has 13 heteroatoms. The van der Waals surface area contributed by atoms with E-state index in [1.807, 2.05) is 39.0 Å². The van der Waals surface area contributed by atoms with E-state index in [9.17, 15) is 19.8 Å². The van der Waals surface area contributed by atoms with E-state index >= 15 is 0 Å². The van der Waals surface area contributed by atoms with Gasteiger partial charge in [0, 0.05) is 88.0 Å². The summed E-state index contributed by atoms with van der Waals surface area (Å²) >= 11 is 1.46. The number of carboxylic acids is 1. The Morgan fingerprint density at radius 3 is 2.54 bits per heavy atom. The van der Waals surface area contributed by atoms with E-state index in [1.165, 1.54) is 11.8 Å². The first kappa shape index (κ1) is 41.4. The Labute approximate surface area is 332 Å². The molecule has 300 valence electrons. The van der Waals surface area contributed by atoms with Gasteiger partial charge in [0.25, 0.3) is 0 Å². The van der Waals surface area contributed by atoms with Crippen molar-refractivity contribution in [1.29, 1.82) is 0 Å². The summed E-state index contributed by atoms with van der Waals surface area (Å²) in [6, 6.07) is 6.10. The van der Waals surface area contributed by atoms with Gasteiger partial charge in [0.2, 0.25) is 0 Å². The largest absolute Gasteiger partial charge is 0.481 e. The Bertz CT molecular complexity index is 2250. The number of fused-ring (bicyclic) bond motifs is 8. The van der Waals surface area contributed by atoms with Gasteiger partial charge in [-0.25, -0.2) is 9.78 Å². The normalized spacial score (nSPS) is 22.0. The lowest BCUT2D eigenvalue weighted by Crippen LogP contribution is -2.39. The number of esters is 1. The summed E-state index contributed by atoms with van der Waals surface area (Å²) in [5.41, 5.74) is 16.8. The number of aliphatic hydroxyl groups is 1. The molecule has 6 heterocycles. The second kappa shape index (κ2) is 16.3. The molecule has 0 saturated heterocycles. The molecule has 0 spiro atoms. The monoisotopic (exact) mass is 784 g/mol. The van der Waals surface area contributed by atoms with E-state index < -0.39 is 28.8 Å². The van der Waals surface area contributed by atoms with Crippen LogP contribution in [0.5, 0.6) is 0 Å². The number of ether oxygens (including phenoxy) is 2. The van der Waals surface area contributed by atoms with Crippen molar-refractivity contribution in [1.82, 2.24) is 25.3 Å². The Hall–Kier alpha value is -4.27. The molecular formula is C43H56N6O6S. The molecule has 56 heavy (non-hydrogen) atoms. The number of nitrogens with one attached hydrogen (secondary N) is 3. The fourth-order valence-corrected chi connectivity index (χ4v) is 9.06. The summed E-state index contributed by atoms with van der Waals surface area (Å²) < 4.78 is 12.3. The molecule has 6 rings (SSSR count). The highest BCUT2D eigenvalue weighted by Gasteiger charge is 2.39. The number of allylic oxidation sites excluding steroid dienone is 1. The van der Waals surface area contributed by atoms with Crippen molar-refractivity contribution in [2.45, 2.75) is 116 Å². The van der Waals surface area contributed by atoms with Crippen LogP contribution >= 0.6 is 11.8 Å². The predicted molar refractivity (Wildman–Crippen MR) is 224 cm³/mol. The van der Waals surface area contributed by atoms with Crippen molar-refractivity contribution in [3.05, 3.63) is 75.4 Å². The number of carbonyl (C=O) groups is 2. The lowest BCUT2D eigenvalue weighted by atomic mass is 9.84. The minimum Gasteiger partial charge on any atom is -0.481 e. The number of aromatic nitrogens is 4. The molecule has 12 nitrogen and oxygen atoms in total. The fraction of sp³-hybridized carbons (Fsp3) is 0.488. The Balaban J connectivity index is 1.71. The maximum absolute atomic E-state index is 14.8. The van der Waals surface area contributed by atoms with Gasteiger partial charge in [-0.2, -0.15) is 0 Å². The predicted octanol–water partition coefficient (Wildman–Crippen LogP) is 7.38. The Kier molecular flexibility index (Phi) is 12.0. The molecule has 0 fully saturated rings. The number of aliphatic carboxylic acids is 1. The van der Waals surface area contributed by atoms with Gasteiger partial charge in [0.05, 0.1) is 23.6 Å². The third kappa shape index (κ3) is 8.52. The van der Waals surface area contributed by atoms with Crippen LogP contribution in [0.15, 0.2) is 24.8 Å². The van der Waals surface area contributed by atoms with Crippen LogP contribution in [0.4, 0.5) is 0 Å². The van der Waals surface area contributed by atoms with Crippen LogP contribution < -0.4 is 11.1 Å². The third-order valence-corrected chi connectivity index (χ3v) is 12.5. The molecule has 0 amide bonds. The summed E-state index contributed by atoms with van der Waals surface area (Å²) in [7, 11) is 0. The molecular weight excluding hydrogens is 729 g/mol. The molecule has 3 aromatic heterocycles. The quantitative estimate of drug-likeness (QED) is 0.0939. The molecule has 0 saturated carbocycles. The van der Waals surface area contributed by atoms with Crippen molar-refractivity contribution >= 4 is 63.0 Å². The zero-order valence-corrected chi connectivity index (χ0v) is 34.6. The number of hydrogen-bond acceptors (Lipinski definition) is 10. The van der Waals surface area contributed by atoms with Crippen molar-refractivity contribution < 1.29 is 29.3 Å². The lowest BCUT2D eigenvalue weighted by Gasteiger charge is -2.31. The first-order valence-corrected chi connectivity index (χ1v) is 20.4. The second-order valence-electron chi connectivity index (χ2n) is 15.9. The SMILES string of the molecule is C=Cc1c(C)c2cc3nc(c4c5nc(cc6[nH]c(cc1[nH]2)c(C)c6CC)C(C)=C5C(=O)OC(C)(CCOC(C)(C)N)SCCNC(O)C4)C(CCC(=O)O)C3C. The number of rotatable bonds is 9. The van der Waals surface area contributed by atoms with Crippen LogP contribution in [0.25, 0.3) is 39.3 Å². The van der Waals surface area contributed by atoms with Gasteiger partial charge in [0.15, 0.2) is 4.93 Å². The fourth-order valence-electron chi connectivity index (χ4n) is 8.05.